The molecule has 0 radical (unpaired) electrons. The lowest BCUT2D eigenvalue weighted by molar-refractivity contribution is 0.103. The van der Waals surface area contributed by atoms with E-state index in [1.165, 1.54) is 11.3 Å². The van der Waals surface area contributed by atoms with Gasteiger partial charge in [-0.1, -0.05) is 40.9 Å². The summed E-state index contributed by atoms with van der Waals surface area (Å²) in [7, 11) is 0. The summed E-state index contributed by atoms with van der Waals surface area (Å²) in [5.74, 6) is -0.171. The van der Waals surface area contributed by atoms with Crippen LogP contribution in [0.15, 0.2) is 42.0 Å². The minimum atomic E-state index is -0.171. The van der Waals surface area contributed by atoms with Crippen LogP contribution in [0.5, 0.6) is 0 Å². The van der Waals surface area contributed by atoms with Gasteiger partial charge in [0.15, 0.2) is 0 Å². The highest BCUT2D eigenvalue weighted by atomic mass is 35.5. The number of halogens is 3. The zero-order valence-electron chi connectivity index (χ0n) is 16.7. The maximum atomic E-state index is 12.8. The predicted molar refractivity (Wildman–Crippen MR) is 126 cm³/mol. The standard InChI is InChI=1S/C21H18Cl3N5OS/c1-12-20(13(2)29(27-12)9-14-3-4-17(23)18(24)5-14)26-21(30)19-6-15(11-31-19)8-28-10-16(22)7-25-28/h3-7,10-11H,8-9H2,1-2H3,(H,26,30). The Labute approximate surface area is 198 Å². The summed E-state index contributed by atoms with van der Waals surface area (Å²) >= 11 is 19.4. The van der Waals surface area contributed by atoms with Crippen molar-refractivity contribution in [1.82, 2.24) is 19.6 Å². The van der Waals surface area contributed by atoms with E-state index in [2.05, 4.69) is 15.5 Å². The zero-order chi connectivity index (χ0) is 22.1. The summed E-state index contributed by atoms with van der Waals surface area (Å²) in [6, 6.07) is 7.35. The van der Waals surface area contributed by atoms with E-state index in [1.807, 2.05) is 42.1 Å². The van der Waals surface area contributed by atoms with Crippen LogP contribution >= 0.6 is 46.1 Å². The molecule has 0 aliphatic heterocycles. The van der Waals surface area contributed by atoms with Crippen molar-refractivity contribution >= 4 is 57.7 Å². The lowest BCUT2D eigenvalue weighted by Gasteiger charge is -2.07. The quantitative estimate of drug-likeness (QED) is 0.354. The molecule has 0 aliphatic carbocycles. The summed E-state index contributed by atoms with van der Waals surface area (Å²) in [5.41, 5.74) is 4.27. The SMILES string of the molecule is Cc1nn(Cc2ccc(Cl)c(Cl)c2)c(C)c1NC(=O)c1cc(Cn2cc(Cl)cn2)cs1. The highest BCUT2D eigenvalue weighted by Gasteiger charge is 2.17. The average Bonchev–Trinajstić information content (AvgIpc) is 3.42. The molecule has 4 rings (SSSR count). The van der Waals surface area contributed by atoms with Crippen LogP contribution in [0, 0.1) is 13.8 Å². The Morgan fingerprint density at radius 1 is 1.10 bits per heavy atom. The van der Waals surface area contributed by atoms with Gasteiger partial charge < -0.3 is 5.32 Å². The number of carbonyl (C=O) groups excluding carboxylic acids is 1. The molecular formula is C21H18Cl3N5OS. The van der Waals surface area contributed by atoms with E-state index in [4.69, 9.17) is 34.8 Å². The van der Waals surface area contributed by atoms with E-state index in [9.17, 15) is 4.79 Å². The molecule has 0 spiro atoms. The number of thiophene rings is 1. The van der Waals surface area contributed by atoms with Gasteiger partial charge in [0.05, 0.1) is 56.3 Å². The smallest absolute Gasteiger partial charge is 0.265 e. The molecule has 0 unspecified atom stereocenters. The van der Waals surface area contributed by atoms with Gasteiger partial charge in [0.2, 0.25) is 0 Å². The number of carbonyl (C=O) groups is 1. The van der Waals surface area contributed by atoms with Crippen molar-refractivity contribution in [3.63, 3.8) is 0 Å². The minimum absolute atomic E-state index is 0.171. The first-order valence-electron chi connectivity index (χ1n) is 9.35. The van der Waals surface area contributed by atoms with Crippen molar-refractivity contribution in [3.8, 4) is 0 Å². The Bertz CT molecular complexity index is 1260. The van der Waals surface area contributed by atoms with Crippen LogP contribution in [0.25, 0.3) is 0 Å². The van der Waals surface area contributed by atoms with Crippen molar-refractivity contribution in [2.75, 3.05) is 5.32 Å². The summed E-state index contributed by atoms with van der Waals surface area (Å²) in [4.78, 5) is 13.4. The lowest BCUT2D eigenvalue weighted by Crippen LogP contribution is -2.12. The van der Waals surface area contributed by atoms with E-state index in [1.54, 1.807) is 23.1 Å². The number of amides is 1. The molecule has 1 aromatic carbocycles. The van der Waals surface area contributed by atoms with E-state index < -0.39 is 0 Å². The molecular weight excluding hydrogens is 477 g/mol. The van der Waals surface area contributed by atoms with Crippen LogP contribution < -0.4 is 5.32 Å². The monoisotopic (exact) mass is 493 g/mol. The molecule has 1 N–H and O–H groups in total. The third kappa shape index (κ3) is 4.96. The second-order valence-corrected chi connectivity index (χ2v) is 9.24. The van der Waals surface area contributed by atoms with Crippen LogP contribution in [0.2, 0.25) is 15.1 Å². The maximum Gasteiger partial charge on any atom is 0.265 e. The maximum absolute atomic E-state index is 12.8. The number of hydrogen-bond acceptors (Lipinski definition) is 4. The van der Waals surface area contributed by atoms with Gasteiger partial charge in [-0.15, -0.1) is 11.3 Å². The van der Waals surface area contributed by atoms with Crippen LogP contribution in [0.4, 0.5) is 5.69 Å². The van der Waals surface area contributed by atoms with Gasteiger partial charge in [-0.25, -0.2) is 0 Å². The number of rotatable bonds is 6. The van der Waals surface area contributed by atoms with Gasteiger partial charge in [0, 0.05) is 6.20 Å². The van der Waals surface area contributed by atoms with Gasteiger partial charge in [-0.05, 0) is 48.6 Å². The van der Waals surface area contributed by atoms with Crippen LogP contribution in [-0.4, -0.2) is 25.5 Å². The Hall–Kier alpha value is -2.32. The molecule has 3 heterocycles. The fraction of sp³-hybridized carbons (Fsp3) is 0.190. The van der Waals surface area contributed by atoms with E-state index in [0.29, 0.717) is 38.7 Å². The van der Waals surface area contributed by atoms with Gasteiger partial charge in [0.25, 0.3) is 5.91 Å². The van der Waals surface area contributed by atoms with Crippen molar-refractivity contribution in [3.05, 3.63) is 84.5 Å². The second kappa shape index (κ2) is 9.04. The number of aromatic nitrogens is 4. The van der Waals surface area contributed by atoms with Crippen molar-refractivity contribution in [1.29, 1.82) is 0 Å². The minimum Gasteiger partial charge on any atom is -0.318 e. The Morgan fingerprint density at radius 2 is 1.90 bits per heavy atom. The summed E-state index contributed by atoms with van der Waals surface area (Å²) in [5, 5.41) is 15.3. The molecule has 10 heteroatoms. The van der Waals surface area contributed by atoms with Gasteiger partial charge in [0.1, 0.15) is 0 Å². The number of nitrogens with one attached hydrogen (secondary N) is 1. The highest BCUT2D eigenvalue weighted by molar-refractivity contribution is 7.12. The van der Waals surface area contributed by atoms with Gasteiger partial charge >= 0.3 is 0 Å². The lowest BCUT2D eigenvalue weighted by atomic mass is 10.2. The summed E-state index contributed by atoms with van der Waals surface area (Å²) in [6.07, 6.45) is 3.33. The number of benzene rings is 1. The number of aryl methyl sites for hydroxylation is 1. The average molecular weight is 495 g/mol. The Morgan fingerprint density at radius 3 is 2.61 bits per heavy atom. The molecule has 6 nitrogen and oxygen atoms in total. The fourth-order valence-electron chi connectivity index (χ4n) is 3.21. The van der Waals surface area contributed by atoms with E-state index in [-0.39, 0.29) is 5.91 Å². The number of hydrogen-bond donors (Lipinski definition) is 1. The highest BCUT2D eigenvalue weighted by Crippen LogP contribution is 2.26. The summed E-state index contributed by atoms with van der Waals surface area (Å²) < 4.78 is 3.57. The fourth-order valence-corrected chi connectivity index (χ4v) is 4.48. The van der Waals surface area contributed by atoms with E-state index >= 15 is 0 Å². The van der Waals surface area contributed by atoms with Gasteiger partial charge in [-0.3, -0.25) is 14.2 Å². The number of nitrogens with zero attached hydrogens (tertiary/aromatic N) is 4. The third-order valence-corrected chi connectivity index (χ3v) is 6.67. The Balaban J connectivity index is 1.48. The number of anilines is 1. The molecule has 1 amide bonds. The molecule has 31 heavy (non-hydrogen) atoms. The van der Waals surface area contributed by atoms with Crippen LogP contribution in [0.1, 0.15) is 32.2 Å². The normalized spacial score (nSPS) is 11.1. The first-order valence-corrected chi connectivity index (χ1v) is 11.4. The zero-order valence-corrected chi connectivity index (χ0v) is 19.8. The van der Waals surface area contributed by atoms with Crippen molar-refractivity contribution < 1.29 is 4.79 Å². The molecule has 0 fully saturated rings. The summed E-state index contributed by atoms with van der Waals surface area (Å²) in [6.45, 7) is 4.87. The molecule has 0 atom stereocenters. The molecule has 0 aliphatic rings. The first kappa shape index (κ1) is 21.9. The second-order valence-electron chi connectivity index (χ2n) is 7.08. The van der Waals surface area contributed by atoms with Crippen molar-refractivity contribution in [2.45, 2.75) is 26.9 Å². The molecule has 4 aromatic rings. The van der Waals surface area contributed by atoms with E-state index in [0.717, 1.165) is 22.5 Å². The first-order chi connectivity index (χ1) is 14.8. The molecule has 3 aromatic heterocycles. The third-order valence-electron chi connectivity index (χ3n) is 4.76. The molecule has 0 saturated heterocycles. The molecule has 0 bridgehead atoms. The topological polar surface area (TPSA) is 64.7 Å². The van der Waals surface area contributed by atoms with Crippen molar-refractivity contribution in [2.24, 2.45) is 0 Å². The van der Waals surface area contributed by atoms with Gasteiger partial charge in [-0.2, -0.15) is 10.2 Å². The molecule has 0 saturated carbocycles. The largest absolute Gasteiger partial charge is 0.318 e. The predicted octanol–water partition coefficient (Wildman–Crippen LogP) is 6.07. The molecule has 160 valence electrons. The van der Waals surface area contributed by atoms with Crippen LogP contribution in [-0.2, 0) is 13.1 Å². The Kier molecular flexibility index (Phi) is 6.39. The van der Waals surface area contributed by atoms with Crippen LogP contribution in [0.3, 0.4) is 0 Å².